The van der Waals surface area contributed by atoms with Crippen LogP contribution in [0.2, 0.25) is 0 Å². The van der Waals surface area contributed by atoms with E-state index in [4.69, 9.17) is 0 Å². The molecule has 5 heteroatoms. The van der Waals surface area contributed by atoms with Crippen LogP contribution < -0.4 is 10.9 Å². The summed E-state index contributed by atoms with van der Waals surface area (Å²) in [7, 11) is 0. The van der Waals surface area contributed by atoms with Crippen LogP contribution in [0.1, 0.15) is 25.3 Å². The summed E-state index contributed by atoms with van der Waals surface area (Å²) in [5.74, 6) is -0.474. The molecule has 1 aromatic rings. The van der Waals surface area contributed by atoms with Gasteiger partial charge in [-0.15, -0.1) is 0 Å². The van der Waals surface area contributed by atoms with Crippen molar-refractivity contribution < 1.29 is 0 Å². The third-order valence-corrected chi connectivity index (χ3v) is 3.13. The topological polar surface area (TPSA) is 92.5 Å². The average Bonchev–Trinajstić information content (AvgIpc) is 2.38. The Bertz CT molecular complexity index is 689. The van der Waals surface area contributed by atoms with Gasteiger partial charge in [0.15, 0.2) is 0 Å². The number of dihydropyridines is 1. The molecule has 94 valence electrons. The van der Waals surface area contributed by atoms with Crippen LogP contribution in [0, 0.1) is 22.7 Å². The standard InChI is InChI=1S/C14H12N4O/c1-8-11(6-15)14(12(7-16)9(2)18-8)10-3-4-17-13(19)5-10/h3-5,14,18H,1-2H3,(H,17,19). The lowest BCUT2D eigenvalue weighted by Crippen LogP contribution is -2.24. The maximum Gasteiger partial charge on any atom is 0.248 e. The van der Waals surface area contributed by atoms with E-state index in [2.05, 4.69) is 22.4 Å². The number of hydrogen-bond acceptors (Lipinski definition) is 4. The fraction of sp³-hybridized carbons (Fsp3) is 0.214. The molecule has 0 aliphatic carbocycles. The molecule has 1 aromatic heterocycles. The fourth-order valence-corrected chi connectivity index (χ4v) is 2.26. The molecule has 0 bridgehead atoms. The maximum absolute atomic E-state index is 11.4. The number of allylic oxidation sites excluding steroid dienone is 4. The van der Waals surface area contributed by atoms with Crippen molar-refractivity contribution in [3.8, 4) is 12.1 Å². The van der Waals surface area contributed by atoms with Crippen LogP contribution in [-0.4, -0.2) is 4.98 Å². The van der Waals surface area contributed by atoms with Crippen LogP contribution >= 0.6 is 0 Å². The fourth-order valence-electron chi connectivity index (χ4n) is 2.26. The van der Waals surface area contributed by atoms with Gasteiger partial charge < -0.3 is 10.3 Å². The van der Waals surface area contributed by atoms with Gasteiger partial charge in [0.1, 0.15) is 0 Å². The summed E-state index contributed by atoms with van der Waals surface area (Å²) in [4.78, 5) is 13.9. The van der Waals surface area contributed by atoms with Crippen LogP contribution in [0.4, 0.5) is 0 Å². The number of rotatable bonds is 1. The van der Waals surface area contributed by atoms with Crippen molar-refractivity contribution in [3.05, 3.63) is 56.8 Å². The summed E-state index contributed by atoms with van der Waals surface area (Å²) in [5.41, 5.74) is 2.76. The molecule has 1 aliphatic rings. The minimum Gasteiger partial charge on any atom is -0.361 e. The zero-order chi connectivity index (χ0) is 14.0. The lowest BCUT2D eigenvalue weighted by atomic mass is 9.82. The molecule has 0 radical (unpaired) electrons. The highest BCUT2D eigenvalue weighted by Gasteiger charge is 2.29. The van der Waals surface area contributed by atoms with E-state index in [0.717, 1.165) is 0 Å². The van der Waals surface area contributed by atoms with Crippen LogP contribution in [0.15, 0.2) is 45.7 Å². The molecule has 5 nitrogen and oxygen atoms in total. The van der Waals surface area contributed by atoms with Gasteiger partial charge in [0, 0.05) is 23.7 Å². The Labute approximate surface area is 110 Å². The molecule has 0 saturated heterocycles. The number of aromatic amines is 1. The van der Waals surface area contributed by atoms with Crippen LogP contribution in [0.25, 0.3) is 0 Å². The van der Waals surface area contributed by atoms with Crippen LogP contribution in [-0.2, 0) is 0 Å². The van der Waals surface area contributed by atoms with E-state index >= 15 is 0 Å². The van der Waals surface area contributed by atoms with Gasteiger partial charge >= 0.3 is 0 Å². The SMILES string of the molecule is CC1=C(C#N)C(c2cc[nH]c(=O)c2)C(C#N)=C(C)N1. The number of H-pyrrole nitrogens is 1. The van der Waals surface area contributed by atoms with Gasteiger partial charge in [0.25, 0.3) is 0 Å². The number of hydrogen-bond donors (Lipinski definition) is 2. The maximum atomic E-state index is 11.4. The number of aromatic nitrogens is 1. The van der Waals surface area contributed by atoms with Crippen molar-refractivity contribution in [1.29, 1.82) is 10.5 Å². The highest BCUT2D eigenvalue weighted by Crippen LogP contribution is 2.36. The van der Waals surface area contributed by atoms with Crippen molar-refractivity contribution in [2.75, 3.05) is 0 Å². The molecule has 0 saturated carbocycles. The van der Waals surface area contributed by atoms with E-state index in [1.807, 2.05) is 0 Å². The normalized spacial score (nSPS) is 15.8. The Hall–Kier alpha value is -2.79. The summed E-state index contributed by atoms with van der Waals surface area (Å²) in [6.07, 6.45) is 1.52. The Morgan fingerprint density at radius 3 is 2.21 bits per heavy atom. The minimum atomic E-state index is -0.474. The summed E-state index contributed by atoms with van der Waals surface area (Å²) in [6.45, 7) is 3.58. The first-order chi connectivity index (χ1) is 9.08. The predicted molar refractivity (Wildman–Crippen MR) is 69.6 cm³/mol. The van der Waals surface area contributed by atoms with Crippen molar-refractivity contribution in [2.45, 2.75) is 19.8 Å². The molecule has 0 fully saturated rings. The van der Waals surface area contributed by atoms with Gasteiger partial charge in [-0.05, 0) is 25.5 Å². The van der Waals surface area contributed by atoms with Gasteiger partial charge in [0.05, 0.1) is 29.2 Å². The molecule has 0 atom stereocenters. The van der Waals surface area contributed by atoms with Crippen molar-refractivity contribution in [3.63, 3.8) is 0 Å². The molecule has 2 N–H and O–H groups in total. The number of pyridine rings is 1. The molecule has 2 heterocycles. The third-order valence-electron chi connectivity index (χ3n) is 3.13. The van der Waals surface area contributed by atoms with Crippen molar-refractivity contribution in [1.82, 2.24) is 10.3 Å². The highest BCUT2D eigenvalue weighted by molar-refractivity contribution is 5.54. The smallest absolute Gasteiger partial charge is 0.248 e. The molecular formula is C14H12N4O. The minimum absolute atomic E-state index is 0.249. The highest BCUT2D eigenvalue weighted by atomic mass is 16.1. The lowest BCUT2D eigenvalue weighted by Gasteiger charge is -2.25. The zero-order valence-corrected chi connectivity index (χ0v) is 10.6. The monoisotopic (exact) mass is 252 g/mol. The van der Waals surface area contributed by atoms with Gasteiger partial charge in [-0.3, -0.25) is 4.79 Å². The van der Waals surface area contributed by atoms with E-state index in [0.29, 0.717) is 28.1 Å². The molecule has 0 spiro atoms. The number of nitrogens with zero attached hydrogens (tertiary/aromatic N) is 2. The number of nitriles is 2. The molecule has 0 amide bonds. The zero-order valence-electron chi connectivity index (χ0n) is 10.6. The van der Waals surface area contributed by atoms with Crippen molar-refractivity contribution in [2.24, 2.45) is 0 Å². The Balaban J connectivity index is 2.68. The molecule has 19 heavy (non-hydrogen) atoms. The average molecular weight is 252 g/mol. The van der Waals surface area contributed by atoms with E-state index < -0.39 is 5.92 Å². The van der Waals surface area contributed by atoms with E-state index in [-0.39, 0.29) is 5.56 Å². The van der Waals surface area contributed by atoms with Gasteiger partial charge in [0.2, 0.25) is 5.56 Å². The molecular weight excluding hydrogens is 240 g/mol. The van der Waals surface area contributed by atoms with Gasteiger partial charge in [-0.25, -0.2) is 0 Å². The number of nitrogens with one attached hydrogen (secondary N) is 2. The summed E-state index contributed by atoms with van der Waals surface area (Å²) in [5, 5.41) is 21.6. The Kier molecular flexibility index (Phi) is 3.22. The largest absolute Gasteiger partial charge is 0.361 e. The first-order valence-corrected chi connectivity index (χ1v) is 5.76. The molecule has 1 aliphatic heterocycles. The first kappa shape index (κ1) is 12.7. The lowest BCUT2D eigenvalue weighted by molar-refractivity contribution is 0.812. The second-order valence-corrected chi connectivity index (χ2v) is 4.35. The second-order valence-electron chi connectivity index (χ2n) is 4.35. The molecule has 0 unspecified atom stereocenters. The van der Waals surface area contributed by atoms with E-state index in [1.54, 1.807) is 19.9 Å². The molecule has 2 rings (SSSR count). The van der Waals surface area contributed by atoms with E-state index in [9.17, 15) is 15.3 Å². The third kappa shape index (κ3) is 2.14. The Morgan fingerprint density at radius 1 is 1.16 bits per heavy atom. The predicted octanol–water partition coefficient (Wildman–Crippen LogP) is 1.66. The summed E-state index contributed by atoms with van der Waals surface area (Å²) >= 11 is 0. The quantitative estimate of drug-likeness (QED) is 0.794. The van der Waals surface area contributed by atoms with Crippen LogP contribution in [0.5, 0.6) is 0 Å². The van der Waals surface area contributed by atoms with Gasteiger partial charge in [-0.2, -0.15) is 10.5 Å². The van der Waals surface area contributed by atoms with E-state index in [1.165, 1.54) is 12.3 Å². The Morgan fingerprint density at radius 2 is 1.74 bits per heavy atom. The summed E-state index contributed by atoms with van der Waals surface area (Å²) < 4.78 is 0. The first-order valence-electron chi connectivity index (χ1n) is 5.76. The van der Waals surface area contributed by atoms with Crippen LogP contribution in [0.3, 0.4) is 0 Å². The van der Waals surface area contributed by atoms with Crippen molar-refractivity contribution >= 4 is 0 Å². The van der Waals surface area contributed by atoms with Gasteiger partial charge in [-0.1, -0.05) is 0 Å². The summed E-state index contributed by atoms with van der Waals surface area (Å²) in [6, 6.07) is 7.39. The second kappa shape index (κ2) is 4.83. The molecule has 0 aromatic carbocycles.